The molecule has 20 heavy (non-hydrogen) atoms. The van der Waals surface area contributed by atoms with E-state index in [1.54, 1.807) is 6.20 Å². The van der Waals surface area contributed by atoms with Gasteiger partial charge >= 0.3 is 0 Å². The van der Waals surface area contributed by atoms with Gasteiger partial charge in [0.05, 0.1) is 6.42 Å². The van der Waals surface area contributed by atoms with Crippen molar-refractivity contribution >= 4 is 0 Å². The predicted octanol–water partition coefficient (Wildman–Crippen LogP) is 1.99. The number of rotatable bonds is 5. The Morgan fingerprint density at radius 3 is 3.15 bits per heavy atom. The van der Waals surface area contributed by atoms with Gasteiger partial charge in [-0.25, -0.2) is 0 Å². The molecule has 1 saturated heterocycles. The van der Waals surface area contributed by atoms with E-state index < -0.39 is 0 Å². The molecule has 0 radical (unpaired) electrons. The van der Waals surface area contributed by atoms with Crippen molar-refractivity contribution in [3.8, 4) is 0 Å². The molecule has 3 rings (SSSR count). The average molecular weight is 272 g/mol. The lowest BCUT2D eigenvalue weighted by Gasteiger charge is -2.21. The van der Waals surface area contributed by atoms with Gasteiger partial charge in [0.15, 0.2) is 5.82 Å². The molecule has 0 saturated carbocycles. The van der Waals surface area contributed by atoms with E-state index in [0.717, 1.165) is 49.3 Å². The second-order valence-electron chi connectivity index (χ2n) is 5.35. The number of nitrogens with zero attached hydrogens (tertiary/aromatic N) is 3. The molecule has 3 heterocycles. The quantitative estimate of drug-likeness (QED) is 0.901. The van der Waals surface area contributed by atoms with E-state index in [9.17, 15) is 0 Å². The van der Waals surface area contributed by atoms with Crippen molar-refractivity contribution in [1.82, 2.24) is 20.4 Å². The highest BCUT2D eigenvalue weighted by Crippen LogP contribution is 2.16. The average Bonchev–Trinajstić information content (AvgIpc) is 2.95. The Balaban J connectivity index is 1.51. The molecule has 1 unspecified atom stereocenters. The molecule has 0 bridgehead atoms. The monoisotopic (exact) mass is 272 g/mol. The van der Waals surface area contributed by atoms with E-state index >= 15 is 0 Å². The molecule has 1 N–H and O–H groups in total. The van der Waals surface area contributed by atoms with E-state index in [-0.39, 0.29) is 0 Å². The summed E-state index contributed by atoms with van der Waals surface area (Å²) in [6.07, 6.45) is 7.00. The Kier molecular flexibility index (Phi) is 4.38. The molecule has 0 aromatic carbocycles. The summed E-state index contributed by atoms with van der Waals surface area (Å²) in [5, 5.41) is 7.47. The van der Waals surface area contributed by atoms with Crippen LogP contribution in [0, 0.1) is 5.92 Å². The first kappa shape index (κ1) is 13.2. The molecule has 2 aromatic heterocycles. The fraction of sp³-hybridized carbons (Fsp3) is 0.533. The Hall–Kier alpha value is -1.75. The van der Waals surface area contributed by atoms with Crippen LogP contribution in [0.15, 0.2) is 28.9 Å². The minimum Gasteiger partial charge on any atom is -0.339 e. The third kappa shape index (κ3) is 3.63. The normalized spacial score (nSPS) is 19.1. The van der Waals surface area contributed by atoms with E-state index in [0.29, 0.717) is 6.42 Å². The first-order chi connectivity index (χ1) is 9.90. The van der Waals surface area contributed by atoms with Crippen LogP contribution < -0.4 is 5.32 Å². The summed E-state index contributed by atoms with van der Waals surface area (Å²) in [4.78, 5) is 8.72. The highest BCUT2D eigenvalue weighted by atomic mass is 16.5. The number of piperidine rings is 1. The maximum Gasteiger partial charge on any atom is 0.226 e. The summed E-state index contributed by atoms with van der Waals surface area (Å²) in [5.74, 6) is 2.22. The number of hydrogen-bond acceptors (Lipinski definition) is 5. The van der Waals surface area contributed by atoms with E-state index in [4.69, 9.17) is 4.52 Å². The molecule has 0 spiro atoms. The van der Waals surface area contributed by atoms with Crippen molar-refractivity contribution in [2.75, 3.05) is 13.1 Å². The summed E-state index contributed by atoms with van der Waals surface area (Å²) < 4.78 is 5.32. The van der Waals surface area contributed by atoms with Gasteiger partial charge in [0.2, 0.25) is 5.89 Å². The molecule has 1 aliphatic rings. The number of pyridine rings is 1. The topological polar surface area (TPSA) is 63.8 Å². The minimum atomic E-state index is 0.634. The molecule has 5 nitrogen and oxygen atoms in total. The van der Waals surface area contributed by atoms with Gasteiger partial charge in [-0.3, -0.25) is 4.98 Å². The van der Waals surface area contributed by atoms with Crippen LogP contribution in [0.1, 0.15) is 36.7 Å². The molecule has 1 atom stereocenters. The Labute approximate surface area is 118 Å². The molecule has 2 aromatic rings. The van der Waals surface area contributed by atoms with Crippen molar-refractivity contribution in [2.24, 2.45) is 5.92 Å². The first-order valence-electron chi connectivity index (χ1n) is 7.32. The van der Waals surface area contributed by atoms with Crippen LogP contribution in [0.3, 0.4) is 0 Å². The molecule has 1 fully saturated rings. The molecular weight excluding hydrogens is 252 g/mol. The summed E-state index contributed by atoms with van der Waals surface area (Å²) >= 11 is 0. The van der Waals surface area contributed by atoms with Crippen molar-refractivity contribution in [3.63, 3.8) is 0 Å². The van der Waals surface area contributed by atoms with Crippen LogP contribution in [-0.4, -0.2) is 28.2 Å². The Morgan fingerprint density at radius 1 is 1.35 bits per heavy atom. The fourth-order valence-corrected chi connectivity index (χ4v) is 2.63. The maximum atomic E-state index is 5.32. The lowest BCUT2D eigenvalue weighted by molar-refractivity contribution is 0.326. The van der Waals surface area contributed by atoms with Gasteiger partial charge in [-0.2, -0.15) is 4.98 Å². The standard InChI is InChI=1S/C15H20N4O/c1-2-9-17-13(5-1)10-14-18-15(20-19-14)7-6-12-4-3-8-16-11-12/h1-2,5,9,12,16H,3-4,6-8,10-11H2. The molecule has 1 aliphatic heterocycles. The lowest BCUT2D eigenvalue weighted by Crippen LogP contribution is -2.29. The zero-order valence-electron chi connectivity index (χ0n) is 11.6. The smallest absolute Gasteiger partial charge is 0.226 e. The van der Waals surface area contributed by atoms with Gasteiger partial charge in [0, 0.05) is 18.3 Å². The van der Waals surface area contributed by atoms with Crippen LogP contribution in [-0.2, 0) is 12.8 Å². The molecule has 0 amide bonds. The van der Waals surface area contributed by atoms with Crippen molar-refractivity contribution < 1.29 is 4.52 Å². The number of hydrogen-bond donors (Lipinski definition) is 1. The molecular formula is C15H20N4O. The Bertz CT molecular complexity index is 520. The van der Waals surface area contributed by atoms with Crippen LogP contribution in [0.5, 0.6) is 0 Å². The van der Waals surface area contributed by atoms with Crippen molar-refractivity contribution in [2.45, 2.75) is 32.1 Å². The zero-order valence-corrected chi connectivity index (χ0v) is 11.6. The minimum absolute atomic E-state index is 0.634. The van der Waals surface area contributed by atoms with E-state index in [1.165, 1.54) is 12.8 Å². The molecule has 0 aliphatic carbocycles. The summed E-state index contributed by atoms with van der Waals surface area (Å²) in [6, 6.07) is 5.85. The summed E-state index contributed by atoms with van der Waals surface area (Å²) in [7, 11) is 0. The first-order valence-corrected chi connectivity index (χ1v) is 7.32. The van der Waals surface area contributed by atoms with Gasteiger partial charge in [0.25, 0.3) is 0 Å². The molecule has 5 heteroatoms. The number of aromatic nitrogens is 3. The van der Waals surface area contributed by atoms with Gasteiger partial charge in [0.1, 0.15) is 0 Å². The van der Waals surface area contributed by atoms with E-state index in [2.05, 4.69) is 20.4 Å². The van der Waals surface area contributed by atoms with Gasteiger partial charge < -0.3 is 9.84 Å². The second kappa shape index (κ2) is 6.61. The second-order valence-corrected chi connectivity index (χ2v) is 5.35. The lowest BCUT2D eigenvalue weighted by atomic mass is 9.95. The SMILES string of the molecule is c1ccc(Cc2noc(CCC3CCCNC3)n2)nc1. The van der Waals surface area contributed by atoms with Gasteiger partial charge in [-0.1, -0.05) is 11.2 Å². The van der Waals surface area contributed by atoms with E-state index in [1.807, 2.05) is 18.2 Å². The largest absolute Gasteiger partial charge is 0.339 e. The highest BCUT2D eigenvalue weighted by Gasteiger charge is 2.15. The van der Waals surface area contributed by atoms with Gasteiger partial charge in [-0.05, 0) is 50.4 Å². The third-order valence-electron chi connectivity index (χ3n) is 3.74. The maximum absolute atomic E-state index is 5.32. The third-order valence-corrected chi connectivity index (χ3v) is 3.74. The highest BCUT2D eigenvalue weighted by molar-refractivity contribution is 5.09. The predicted molar refractivity (Wildman–Crippen MR) is 75.3 cm³/mol. The van der Waals surface area contributed by atoms with Crippen molar-refractivity contribution in [1.29, 1.82) is 0 Å². The van der Waals surface area contributed by atoms with Crippen LogP contribution in [0.4, 0.5) is 0 Å². The van der Waals surface area contributed by atoms with Crippen LogP contribution in [0.25, 0.3) is 0 Å². The van der Waals surface area contributed by atoms with Crippen LogP contribution in [0.2, 0.25) is 0 Å². The summed E-state index contributed by atoms with van der Waals surface area (Å²) in [6.45, 7) is 2.28. The number of nitrogens with one attached hydrogen (secondary N) is 1. The number of aryl methyl sites for hydroxylation is 1. The Morgan fingerprint density at radius 2 is 2.35 bits per heavy atom. The van der Waals surface area contributed by atoms with Crippen molar-refractivity contribution in [3.05, 3.63) is 41.8 Å². The molecule has 106 valence electrons. The van der Waals surface area contributed by atoms with Gasteiger partial charge in [-0.15, -0.1) is 0 Å². The fourth-order valence-electron chi connectivity index (χ4n) is 2.63. The van der Waals surface area contributed by atoms with Crippen LogP contribution >= 0.6 is 0 Å². The zero-order chi connectivity index (χ0) is 13.6. The summed E-state index contributed by atoms with van der Waals surface area (Å²) in [5.41, 5.74) is 0.969.